The second kappa shape index (κ2) is 10.4. The Hall–Kier alpha value is -0.663. The first kappa shape index (κ1) is 15.8. The summed E-state index contributed by atoms with van der Waals surface area (Å²) in [5, 5.41) is 17.3. The Balaban J connectivity index is 0. The fourth-order valence-corrected chi connectivity index (χ4v) is 0.654. The minimum atomic E-state index is -1.11. The molecule has 0 aliphatic heterocycles. The van der Waals surface area contributed by atoms with Crippen molar-refractivity contribution in [1.29, 1.82) is 0 Å². The molecule has 68 valence electrons. The van der Waals surface area contributed by atoms with E-state index in [1.165, 1.54) is 12.1 Å². The number of benzene rings is 1. The van der Waals surface area contributed by atoms with E-state index in [4.69, 9.17) is 17.4 Å². The normalized spacial score (nSPS) is 7.43. The number of phenols is 1. The van der Waals surface area contributed by atoms with Crippen molar-refractivity contribution in [3.05, 3.63) is 29.8 Å². The molecule has 7 heteroatoms. The van der Waals surface area contributed by atoms with E-state index in [-0.39, 0.29) is 47.8 Å². The van der Waals surface area contributed by atoms with Crippen LogP contribution >= 0.6 is 0 Å². The molecule has 1 rings (SSSR count). The van der Waals surface area contributed by atoms with Gasteiger partial charge in [-0.25, -0.2) is 4.79 Å². The van der Waals surface area contributed by atoms with Gasteiger partial charge in [0.2, 0.25) is 0 Å². The Kier molecular flexibility index (Phi) is 11.8. The monoisotopic (exact) mass is 298 g/mol. The molecule has 0 aliphatic rings. The first-order chi connectivity index (χ1) is 6.72. The summed E-state index contributed by atoms with van der Waals surface area (Å²) in [5.41, 5.74) is -0.0671. The summed E-state index contributed by atoms with van der Waals surface area (Å²) in [6.07, 6.45) is 0. The van der Waals surface area contributed by atoms with Crippen molar-refractivity contribution in [2.45, 2.75) is 0 Å². The molecule has 0 bridgehead atoms. The summed E-state index contributed by atoms with van der Waals surface area (Å²) in [6.45, 7) is 0. The summed E-state index contributed by atoms with van der Waals surface area (Å²) >= 11 is 0.250. The Morgan fingerprint density at radius 2 is 1.50 bits per heavy atom. The average Bonchev–Trinajstić information content (AvgIpc) is 2.24. The van der Waals surface area contributed by atoms with E-state index < -0.39 is 5.97 Å². The molecule has 0 radical (unpaired) electrons. The molecular formula is C7H6O5Zn2. The van der Waals surface area contributed by atoms with Gasteiger partial charge in [0.05, 0.1) is 0 Å². The van der Waals surface area contributed by atoms with Crippen LogP contribution in [0.15, 0.2) is 24.3 Å². The molecule has 0 amide bonds. The topological polar surface area (TPSA) is 91.7 Å². The van der Waals surface area contributed by atoms with Crippen LogP contribution in [-0.2, 0) is 43.7 Å². The summed E-state index contributed by atoms with van der Waals surface area (Å²) in [5.74, 6) is -1.31. The Bertz CT molecular complexity index is 289. The number of aromatic hydroxyl groups is 1. The number of carbonyl (C=O) groups is 1. The van der Waals surface area contributed by atoms with Gasteiger partial charge in [0.15, 0.2) is 0 Å². The van der Waals surface area contributed by atoms with Crippen LogP contribution in [-0.4, -0.2) is 16.2 Å². The van der Waals surface area contributed by atoms with Gasteiger partial charge in [-0.05, 0) is 12.1 Å². The number of hydrogen-bond acceptors (Lipinski definition) is 4. The number of carboxylic acids is 1. The number of aromatic carboxylic acids is 1. The molecule has 0 spiro atoms. The van der Waals surface area contributed by atoms with Crippen LogP contribution in [0.1, 0.15) is 10.4 Å². The first-order valence-electron chi connectivity index (χ1n) is 3.31. The van der Waals surface area contributed by atoms with Crippen molar-refractivity contribution in [2.75, 3.05) is 0 Å². The van der Waals surface area contributed by atoms with Gasteiger partial charge in [0.1, 0.15) is 11.3 Å². The molecule has 0 unspecified atom stereocenters. The van der Waals surface area contributed by atoms with Crippen molar-refractivity contribution >= 4 is 5.97 Å². The number of carboxylic acid groups (broad SMARTS) is 1. The van der Waals surface area contributed by atoms with Gasteiger partial charge in [-0.1, -0.05) is 12.1 Å². The maximum atomic E-state index is 10.3. The second-order valence-electron chi connectivity index (χ2n) is 1.82. The number of hydrogen-bond donors (Lipinski definition) is 2. The van der Waals surface area contributed by atoms with Crippen molar-refractivity contribution < 1.29 is 58.7 Å². The molecule has 0 aliphatic carbocycles. The van der Waals surface area contributed by atoms with Crippen molar-refractivity contribution in [3.8, 4) is 5.75 Å². The minimum absolute atomic E-state index is 0.0671. The zero-order valence-corrected chi connectivity index (χ0v) is 13.3. The predicted octanol–water partition coefficient (Wildman–Crippen LogP) is 0.848. The summed E-state index contributed by atoms with van der Waals surface area (Å²) in [6, 6.07) is 5.81. The van der Waals surface area contributed by atoms with Gasteiger partial charge < -0.3 is 10.2 Å². The quantitative estimate of drug-likeness (QED) is 0.750. The fourth-order valence-electron chi connectivity index (χ4n) is 0.654. The molecule has 5 nitrogen and oxygen atoms in total. The zero-order valence-electron chi connectivity index (χ0n) is 7.34. The summed E-state index contributed by atoms with van der Waals surface area (Å²) < 4.78 is 16.8. The zero-order chi connectivity index (χ0) is 11.6. The summed E-state index contributed by atoms with van der Waals surface area (Å²) in [7, 11) is 0. The van der Waals surface area contributed by atoms with Crippen LogP contribution in [0.25, 0.3) is 0 Å². The molecule has 0 heterocycles. The van der Waals surface area contributed by atoms with Gasteiger partial charge in [-0.3, -0.25) is 0 Å². The van der Waals surface area contributed by atoms with Crippen LogP contribution in [0.4, 0.5) is 0 Å². The van der Waals surface area contributed by atoms with Crippen molar-refractivity contribution in [2.24, 2.45) is 0 Å². The van der Waals surface area contributed by atoms with Crippen molar-refractivity contribution in [3.63, 3.8) is 0 Å². The maximum absolute atomic E-state index is 10.3. The second-order valence-corrected chi connectivity index (χ2v) is 1.82. The Morgan fingerprint density at radius 1 is 1.07 bits per heavy atom. The van der Waals surface area contributed by atoms with E-state index in [1.54, 1.807) is 12.1 Å². The summed E-state index contributed by atoms with van der Waals surface area (Å²) in [4.78, 5) is 10.3. The third kappa shape index (κ3) is 5.89. The molecule has 0 atom stereocenters. The van der Waals surface area contributed by atoms with Crippen LogP contribution in [0.2, 0.25) is 0 Å². The number of para-hydroxylation sites is 1. The SMILES string of the molecule is O=C(O)c1ccccc1O.[O]=[Zn].[O]=[Zn]. The molecule has 2 N–H and O–H groups in total. The molecule has 0 fully saturated rings. The van der Waals surface area contributed by atoms with Gasteiger partial charge >= 0.3 is 49.6 Å². The third-order valence-corrected chi connectivity index (χ3v) is 1.13. The van der Waals surface area contributed by atoms with Crippen LogP contribution in [0, 0.1) is 0 Å². The molecule has 1 aromatic carbocycles. The molecule has 1 aromatic rings. The standard InChI is InChI=1S/C7H6O3.2O.2Zn/c8-6-4-2-1-3-5(6)7(9)10;;;;/h1-4,8H,(H,9,10);;;;. The third-order valence-electron chi connectivity index (χ3n) is 1.13. The van der Waals surface area contributed by atoms with E-state index in [1.807, 2.05) is 0 Å². The molecule has 0 saturated heterocycles. The molecule has 0 saturated carbocycles. The van der Waals surface area contributed by atoms with Crippen molar-refractivity contribution in [1.82, 2.24) is 0 Å². The van der Waals surface area contributed by atoms with Gasteiger partial charge in [0.25, 0.3) is 0 Å². The van der Waals surface area contributed by atoms with Crippen LogP contribution in [0.3, 0.4) is 0 Å². The van der Waals surface area contributed by atoms with Gasteiger partial charge in [-0.2, -0.15) is 0 Å². The van der Waals surface area contributed by atoms with E-state index in [0.717, 1.165) is 0 Å². The van der Waals surface area contributed by atoms with E-state index in [0.29, 0.717) is 0 Å². The van der Waals surface area contributed by atoms with Gasteiger partial charge in [-0.15, -0.1) is 0 Å². The van der Waals surface area contributed by atoms with Crippen LogP contribution in [0.5, 0.6) is 5.75 Å². The van der Waals surface area contributed by atoms with E-state index in [2.05, 4.69) is 0 Å². The fraction of sp³-hybridized carbons (Fsp3) is 0. The molecule has 0 aromatic heterocycles. The van der Waals surface area contributed by atoms with E-state index in [9.17, 15) is 4.79 Å². The van der Waals surface area contributed by atoms with Gasteiger partial charge in [0, 0.05) is 0 Å². The predicted molar refractivity (Wildman–Crippen MR) is 36.4 cm³/mol. The number of rotatable bonds is 1. The Labute approximate surface area is 100 Å². The first-order valence-corrected chi connectivity index (χ1v) is 5.73. The molecule has 14 heavy (non-hydrogen) atoms. The van der Waals surface area contributed by atoms with E-state index >= 15 is 0 Å². The van der Waals surface area contributed by atoms with Crippen LogP contribution < -0.4 is 0 Å². The Morgan fingerprint density at radius 3 is 1.79 bits per heavy atom. The average molecular weight is 301 g/mol. The molecular weight excluding hydrogens is 295 g/mol.